The van der Waals surface area contributed by atoms with Gasteiger partial charge in [-0.3, -0.25) is 4.31 Å². The summed E-state index contributed by atoms with van der Waals surface area (Å²) >= 11 is 3.21. The minimum atomic E-state index is -4.02. The molecule has 0 aromatic heterocycles. The van der Waals surface area contributed by atoms with Gasteiger partial charge in [-0.1, -0.05) is 0 Å². The van der Waals surface area contributed by atoms with Gasteiger partial charge in [-0.2, -0.15) is 0 Å². The van der Waals surface area contributed by atoms with Crippen molar-refractivity contribution in [1.29, 1.82) is 0 Å². The van der Waals surface area contributed by atoms with E-state index in [0.29, 0.717) is 11.4 Å². The van der Waals surface area contributed by atoms with Crippen molar-refractivity contribution in [3.8, 4) is 0 Å². The van der Waals surface area contributed by atoms with Crippen LogP contribution in [0.2, 0.25) is 0 Å². The van der Waals surface area contributed by atoms with Gasteiger partial charge >= 0.3 is 0 Å². The molecule has 0 amide bonds. The van der Waals surface area contributed by atoms with Gasteiger partial charge in [0.25, 0.3) is 10.0 Å². The minimum absolute atomic E-state index is 0.00165. The fourth-order valence-corrected chi connectivity index (χ4v) is 6.84. The molecule has 1 unspecified atom stereocenters. The highest BCUT2D eigenvalue weighted by Crippen LogP contribution is 2.43. The van der Waals surface area contributed by atoms with Crippen molar-refractivity contribution in [2.75, 3.05) is 36.4 Å². The number of nitrogens with zero attached hydrogens (tertiary/aromatic N) is 3. The monoisotopic (exact) mass is 531 g/mol. The van der Waals surface area contributed by atoms with Gasteiger partial charge in [0.1, 0.15) is 5.82 Å². The second kappa shape index (κ2) is 8.02. The third kappa shape index (κ3) is 3.85. The van der Waals surface area contributed by atoms with E-state index in [4.69, 9.17) is 0 Å². The fourth-order valence-electron chi connectivity index (χ4n) is 4.10. The maximum absolute atomic E-state index is 14.4. The topological polar surface area (TPSA) is 78.0 Å². The van der Waals surface area contributed by atoms with Crippen LogP contribution < -0.4 is 9.21 Å². The van der Waals surface area contributed by atoms with Gasteiger partial charge in [0, 0.05) is 32.7 Å². The van der Waals surface area contributed by atoms with E-state index < -0.39 is 25.9 Å². The zero-order valence-electron chi connectivity index (χ0n) is 17.1. The Morgan fingerprint density at radius 1 is 1.00 bits per heavy atom. The number of halogens is 2. The summed E-state index contributed by atoms with van der Waals surface area (Å²) < 4.78 is 68.7. The molecule has 2 aliphatic rings. The molecule has 31 heavy (non-hydrogen) atoms. The summed E-state index contributed by atoms with van der Waals surface area (Å²) in [6.45, 7) is 1.01. The van der Waals surface area contributed by atoms with Crippen molar-refractivity contribution in [2.45, 2.75) is 35.1 Å². The molecule has 0 bridgehead atoms. The zero-order valence-corrected chi connectivity index (χ0v) is 20.3. The summed E-state index contributed by atoms with van der Waals surface area (Å²) in [5.41, 5.74) is 0.975. The van der Waals surface area contributed by atoms with Crippen molar-refractivity contribution in [3.63, 3.8) is 0 Å². The summed E-state index contributed by atoms with van der Waals surface area (Å²) in [6.07, 6.45) is 2.85. The molecule has 0 N–H and O–H groups in total. The highest BCUT2D eigenvalue weighted by molar-refractivity contribution is 9.10. The van der Waals surface area contributed by atoms with E-state index in [1.807, 2.05) is 0 Å². The Hall–Kier alpha value is -1.69. The normalized spacial score (nSPS) is 19.3. The molecule has 7 nitrogen and oxygen atoms in total. The molecule has 2 heterocycles. The Balaban J connectivity index is 1.79. The van der Waals surface area contributed by atoms with Gasteiger partial charge in [-0.25, -0.2) is 25.5 Å². The SMILES string of the molecule is CN(C)S(=O)(=O)c1ccc(S(=O)(=O)N2CC3CCCCN3c3cc(Br)c(F)cc32)cc1. The van der Waals surface area contributed by atoms with Crippen molar-refractivity contribution in [3.05, 3.63) is 46.7 Å². The fraction of sp³-hybridized carbons (Fsp3) is 0.400. The number of anilines is 2. The van der Waals surface area contributed by atoms with E-state index in [0.717, 1.165) is 30.1 Å². The van der Waals surface area contributed by atoms with E-state index in [1.165, 1.54) is 48.7 Å². The number of sulfonamides is 2. The first kappa shape index (κ1) is 22.5. The van der Waals surface area contributed by atoms with Gasteiger partial charge < -0.3 is 4.90 Å². The molecule has 0 radical (unpaired) electrons. The second-order valence-electron chi connectivity index (χ2n) is 7.89. The van der Waals surface area contributed by atoms with Crippen LogP contribution in [0, 0.1) is 5.82 Å². The first-order chi connectivity index (χ1) is 14.5. The maximum Gasteiger partial charge on any atom is 0.264 e. The van der Waals surface area contributed by atoms with Crippen LogP contribution in [0.1, 0.15) is 19.3 Å². The third-order valence-corrected chi connectivity index (χ3v) is 10.0. The second-order valence-corrected chi connectivity index (χ2v) is 12.8. The summed E-state index contributed by atoms with van der Waals surface area (Å²) in [6, 6.07) is 8.01. The van der Waals surface area contributed by atoms with E-state index in [-0.39, 0.29) is 26.9 Å². The maximum atomic E-state index is 14.4. The van der Waals surface area contributed by atoms with E-state index in [2.05, 4.69) is 20.8 Å². The number of rotatable bonds is 4. The average molecular weight is 532 g/mol. The highest BCUT2D eigenvalue weighted by atomic mass is 79.9. The summed E-state index contributed by atoms with van der Waals surface area (Å²) in [5, 5.41) is 0. The largest absolute Gasteiger partial charge is 0.365 e. The smallest absolute Gasteiger partial charge is 0.264 e. The molecular weight excluding hydrogens is 509 g/mol. The molecule has 2 aliphatic heterocycles. The van der Waals surface area contributed by atoms with Crippen LogP contribution in [-0.4, -0.2) is 54.4 Å². The summed E-state index contributed by atoms with van der Waals surface area (Å²) in [5.74, 6) is -0.540. The quantitative estimate of drug-likeness (QED) is 0.604. The van der Waals surface area contributed by atoms with Gasteiger partial charge in [0.15, 0.2) is 0 Å². The van der Waals surface area contributed by atoms with Crippen molar-refractivity contribution >= 4 is 47.4 Å². The number of hydrogen-bond acceptors (Lipinski definition) is 5. The lowest BCUT2D eigenvalue weighted by molar-refractivity contribution is 0.453. The van der Waals surface area contributed by atoms with Crippen LogP contribution in [0.5, 0.6) is 0 Å². The first-order valence-corrected chi connectivity index (χ1v) is 13.5. The summed E-state index contributed by atoms with van der Waals surface area (Å²) in [7, 11) is -4.88. The number of hydrogen-bond donors (Lipinski definition) is 0. The lowest BCUT2D eigenvalue weighted by Crippen LogP contribution is -2.52. The molecule has 1 atom stereocenters. The Labute approximate surface area is 190 Å². The predicted octanol–water partition coefficient (Wildman–Crippen LogP) is 3.41. The molecule has 0 saturated carbocycles. The van der Waals surface area contributed by atoms with Gasteiger partial charge in [0.05, 0.1) is 32.2 Å². The first-order valence-electron chi connectivity index (χ1n) is 9.84. The molecular formula is C20H23BrFN3O4S2. The van der Waals surface area contributed by atoms with Crippen molar-refractivity contribution in [2.24, 2.45) is 0 Å². The highest BCUT2D eigenvalue weighted by Gasteiger charge is 2.39. The molecule has 1 saturated heterocycles. The number of benzene rings is 2. The Morgan fingerprint density at radius 2 is 1.65 bits per heavy atom. The van der Waals surface area contributed by atoms with Crippen LogP contribution >= 0.6 is 15.9 Å². The number of fused-ring (bicyclic) bond motifs is 3. The molecule has 1 fully saturated rings. The molecule has 0 aliphatic carbocycles. The summed E-state index contributed by atoms with van der Waals surface area (Å²) in [4.78, 5) is 2.12. The van der Waals surface area contributed by atoms with Gasteiger partial charge in [-0.15, -0.1) is 0 Å². The minimum Gasteiger partial charge on any atom is -0.365 e. The van der Waals surface area contributed by atoms with Gasteiger partial charge in [-0.05, 0) is 65.5 Å². The van der Waals surface area contributed by atoms with Gasteiger partial charge in [0.2, 0.25) is 10.0 Å². The molecule has 0 spiro atoms. The Morgan fingerprint density at radius 3 is 2.29 bits per heavy atom. The van der Waals surface area contributed by atoms with Crippen LogP contribution in [0.3, 0.4) is 0 Å². The molecule has 168 valence electrons. The standard InChI is InChI=1S/C20H23BrFN3O4S2/c1-23(2)30(26,27)15-6-8-16(9-7-15)31(28,29)25-13-14-5-3-4-10-24(14)19-11-17(21)18(22)12-20(19)25/h6-9,11-12,14H,3-5,10,13H2,1-2H3. The molecule has 4 rings (SSSR count). The molecule has 2 aromatic rings. The predicted molar refractivity (Wildman–Crippen MR) is 121 cm³/mol. The third-order valence-electron chi connectivity index (χ3n) is 5.79. The van der Waals surface area contributed by atoms with Crippen LogP contribution in [0.15, 0.2) is 50.7 Å². The van der Waals surface area contributed by atoms with Crippen LogP contribution in [0.4, 0.5) is 15.8 Å². The van der Waals surface area contributed by atoms with E-state index in [1.54, 1.807) is 6.07 Å². The molecule has 2 aromatic carbocycles. The van der Waals surface area contributed by atoms with Crippen molar-refractivity contribution in [1.82, 2.24) is 4.31 Å². The van der Waals surface area contributed by atoms with Crippen LogP contribution in [0.25, 0.3) is 0 Å². The Bertz CT molecular complexity index is 1220. The molecule has 11 heteroatoms. The average Bonchev–Trinajstić information content (AvgIpc) is 2.74. The van der Waals surface area contributed by atoms with E-state index in [9.17, 15) is 21.2 Å². The van der Waals surface area contributed by atoms with Crippen molar-refractivity contribution < 1.29 is 21.2 Å². The zero-order chi connectivity index (χ0) is 22.6. The number of piperidine rings is 1. The van der Waals surface area contributed by atoms with E-state index >= 15 is 0 Å². The lowest BCUT2D eigenvalue weighted by atomic mass is 9.98. The van der Waals surface area contributed by atoms with Crippen LogP contribution in [-0.2, 0) is 20.0 Å². The Kier molecular flexibility index (Phi) is 5.82. The lowest BCUT2D eigenvalue weighted by Gasteiger charge is -2.46.